The fourth-order valence-corrected chi connectivity index (χ4v) is 5.19. The van der Waals surface area contributed by atoms with Crippen LogP contribution in [0, 0.1) is 6.92 Å². The summed E-state index contributed by atoms with van der Waals surface area (Å²) in [6.07, 6.45) is 0. The molecule has 0 bridgehead atoms. The fourth-order valence-electron chi connectivity index (χ4n) is 3.49. The van der Waals surface area contributed by atoms with E-state index in [1.807, 2.05) is 6.92 Å². The van der Waals surface area contributed by atoms with Crippen LogP contribution < -0.4 is 15.1 Å². The summed E-state index contributed by atoms with van der Waals surface area (Å²) in [5.74, 6) is 0.0442. The number of sulfonamides is 1. The molecule has 2 N–H and O–H groups in total. The Hall–Kier alpha value is -3.14. The lowest BCUT2D eigenvalue weighted by molar-refractivity contribution is 0.413. The maximum atomic E-state index is 13.2. The van der Waals surface area contributed by atoms with Gasteiger partial charge in [-0.15, -0.1) is 0 Å². The van der Waals surface area contributed by atoms with Crippen molar-refractivity contribution in [2.75, 3.05) is 7.11 Å². The van der Waals surface area contributed by atoms with Crippen molar-refractivity contribution in [3.63, 3.8) is 0 Å². The standard InChI is InChI=1S/C24H20BrNO6S/c1-14-7-10-16(11-8-14)33(29,30)26-22(17-5-3-4-6-19(17)25)21-23(27)18-13-15(31-2)9-12-20(18)32-24(21)28/h3-13,22,26-27H,1-2H3/t22-/m0/s1. The third-order valence-electron chi connectivity index (χ3n) is 5.23. The van der Waals surface area contributed by atoms with Crippen molar-refractivity contribution in [1.82, 2.24) is 4.72 Å². The van der Waals surface area contributed by atoms with Crippen LogP contribution in [0.4, 0.5) is 0 Å². The van der Waals surface area contributed by atoms with Gasteiger partial charge in [0.2, 0.25) is 10.0 Å². The van der Waals surface area contributed by atoms with E-state index in [0.29, 0.717) is 15.8 Å². The Balaban J connectivity index is 1.95. The number of halogens is 1. The van der Waals surface area contributed by atoms with Gasteiger partial charge in [0.15, 0.2) is 0 Å². The predicted molar refractivity (Wildman–Crippen MR) is 128 cm³/mol. The molecule has 9 heteroatoms. The number of hydrogen-bond acceptors (Lipinski definition) is 6. The Bertz CT molecular complexity index is 1500. The van der Waals surface area contributed by atoms with E-state index in [1.54, 1.807) is 42.5 Å². The maximum Gasteiger partial charge on any atom is 0.345 e. The van der Waals surface area contributed by atoms with E-state index in [4.69, 9.17) is 9.15 Å². The van der Waals surface area contributed by atoms with Crippen LogP contribution in [0.2, 0.25) is 0 Å². The Morgan fingerprint density at radius 2 is 1.76 bits per heavy atom. The molecule has 33 heavy (non-hydrogen) atoms. The molecule has 0 saturated carbocycles. The molecule has 0 unspecified atom stereocenters. The normalized spacial score (nSPS) is 12.6. The predicted octanol–water partition coefficient (Wildman–Crippen LogP) is 4.65. The molecule has 0 saturated heterocycles. The van der Waals surface area contributed by atoms with Gasteiger partial charge >= 0.3 is 5.63 Å². The lowest BCUT2D eigenvalue weighted by Gasteiger charge is -2.21. The van der Waals surface area contributed by atoms with E-state index in [0.717, 1.165) is 5.56 Å². The molecule has 1 atom stereocenters. The smallest absolute Gasteiger partial charge is 0.345 e. The van der Waals surface area contributed by atoms with Gasteiger partial charge in [0, 0.05) is 4.47 Å². The summed E-state index contributed by atoms with van der Waals surface area (Å²) < 4.78 is 40.2. The molecule has 1 heterocycles. The number of aryl methyl sites for hydroxylation is 1. The maximum absolute atomic E-state index is 13.2. The van der Waals surface area contributed by atoms with Gasteiger partial charge in [0.25, 0.3) is 0 Å². The molecule has 0 fully saturated rings. The van der Waals surface area contributed by atoms with Crippen molar-refractivity contribution in [3.8, 4) is 11.5 Å². The summed E-state index contributed by atoms with van der Waals surface area (Å²) in [7, 11) is -2.61. The SMILES string of the molecule is COc1ccc2oc(=O)c([C@@H](NS(=O)(=O)c3ccc(C)cc3)c3ccccc3Br)c(O)c2c1. The minimum atomic E-state index is -4.08. The minimum absolute atomic E-state index is 0.0245. The number of rotatable bonds is 6. The summed E-state index contributed by atoms with van der Waals surface area (Å²) in [5.41, 5.74) is 0.376. The second-order valence-electron chi connectivity index (χ2n) is 7.40. The summed E-state index contributed by atoms with van der Waals surface area (Å²) in [6.45, 7) is 1.85. The highest BCUT2D eigenvalue weighted by atomic mass is 79.9. The number of hydrogen-bond donors (Lipinski definition) is 2. The van der Waals surface area contributed by atoms with Crippen LogP contribution in [0.3, 0.4) is 0 Å². The molecule has 7 nitrogen and oxygen atoms in total. The Kier molecular flexibility index (Phi) is 6.29. The van der Waals surface area contributed by atoms with Gasteiger partial charge in [-0.2, -0.15) is 4.72 Å². The van der Waals surface area contributed by atoms with E-state index < -0.39 is 27.4 Å². The van der Waals surface area contributed by atoms with Gasteiger partial charge in [-0.3, -0.25) is 0 Å². The number of aromatic hydroxyl groups is 1. The van der Waals surface area contributed by atoms with E-state index >= 15 is 0 Å². The van der Waals surface area contributed by atoms with E-state index in [1.165, 1.54) is 31.4 Å². The quantitative estimate of drug-likeness (QED) is 0.352. The Morgan fingerprint density at radius 3 is 2.42 bits per heavy atom. The summed E-state index contributed by atoms with van der Waals surface area (Å²) in [5, 5.41) is 11.3. The molecule has 0 aliphatic heterocycles. The molecule has 3 aromatic carbocycles. The van der Waals surface area contributed by atoms with Gasteiger partial charge in [-0.25, -0.2) is 13.2 Å². The Labute approximate surface area is 198 Å². The van der Waals surface area contributed by atoms with Crippen molar-refractivity contribution >= 4 is 36.9 Å². The molecule has 0 spiro atoms. The molecular formula is C24H20BrNO6S. The second-order valence-corrected chi connectivity index (χ2v) is 9.97. The first-order chi connectivity index (χ1) is 15.7. The largest absolute Gasteiger partial charge is 0.507 e. The molecule has 0 aliphatic rings. The van der Waals surface area contributed by atoms with Crippen molar-refractivity contribution in [3.05, 3.63) is 98.3 Å². The van der Waals surface area contributed by atoms with Crippen molar-refractivity contribution in [2.24, 2.45) is 0 Å². The van der Waals surface area contributed by atoms with Crippen LogP contribution in [0.1, 0.15) is 22.7 Å². The highest BCUT2D eigenvalue weighted by Gasteiger charge is 2.30. The van der Waals surface area contributed by atoms with Crippen molar-refractivity contribution < 1.29 is 22.7 Å². The van der Waals surface area contributed by atoms with E-state index in [9.17, 15) is 18.3 Å². The monoisotopic (exact) mass is 529 g/mol. The first kappa shape index (κ1) is 23.0. The molecule has 0 amide bonds. The summed E-state index contributed by atoms with van der Waals surface area (Å²) >= 11 is 3.42. The third-order valence-corrected chi connectivity index (χ3v) is 7.39. The molecule has 4 aromatic rings. The zero-order valence-corrected chi connectivity index (χ0v) is 20.1. The van der Waals surface area contributed by atoms with Gasteiger partial charge in [0.1, 0.15) is 22.6 Å². The number of methoxy groups -OCH3 is 1. The minimum Gasteiger partial charge on any atom is -0.507 e. The molecule has 170 valence electrons. The van der Waals surface area contributed by atoms with Crippen LogP contribution >= 0.6 is 15.9 Å². The topological polar surface area (TPSA) is 106 Å². The number of benzene rings is 3. The third kappa shape index (κ3) is 4.52. The molecule has 4 rings (SSSR count). The van der Waals surface area contributed by atoms with E-state index in [-0.39, 0.29) is 21.4 Å². The number of fused-ring (bicyclic) bond motifs is 1. The molecule has 0 aliphatic carbocycles. The van der Waals surface area contributed by atoms with Crippen LogP contribution in [-0.2, 0) is 10.0 Å². The fraction of sp³-hybridized carbons (Fsp3) is 0.125. The highest BCUT2D eigenvalue weighted by Crippen LogP contribution is 2.37. The van der Waals surface area contributed by atoms with Gasteiger partial charge in [-0.1, -0.05) is 51.8 Å². The van der Waals surface area contributed by atoms with Crippen molar-refractivity contribution in [2.45, 2.75) is 17.9 Å². The van der Waals surface area contributed by atoms with E-state index in [2.05, 4.69) is 20.7 Å². The number of ether oxygens (including phenoxy) is 1. The van der Waals surface area contributed by atoms with Crippen LogP contribution in [0.5, 0.6) is 11.5 Å². The van der Waals surface area contributed by atoms with Crippen LogP contribution in [0.15, 0.2) is 85.3 Å². The zero-order valence-electron chi connectivity index (χ0n) is 17.7. The molecule has 0 radical (unpaired) electrons. The lowest BCUT2D eigenvalue weighted by Crippen LogP contribution is -2.32. The summed E-state index contributed by atoms with van der Waals surface area (Å²) in [6, 6.07) is 16.5. The highest BCUT2D eigenvalue weighted by molar-refractivity contribution is 9.10. The average Bonchev–Trinajstić information content (AvgIpc) is 2.79. The summed E-state index contributed by atoms with van der Waals surface area (Å²) in [4.78, 5) is 13.0. The molecule has 1 aromatic heterocycles. The zero-order chi connectivity index (χ0) is 23.8. The first-order valence-electron chi connectivity index (χ1n) is 9.88. The Morgan fingerprint density at radius 1 is 1.06 bits per heavy atom. The van der Waals surface area contributed by atoms with Gasteiger partial charge < -0.3 is 14.3 Å². The molecular weight excluding hydrogens is 510 g/mol. The first-order valence-corrected chi connectivity index (χ1v) is 12.2. The second kappa shape index (κ2) is 9.01. The van der Waals surface area contributed by atoms with Gasteiger partial charge in [-0.05, 0) is 48.9 Å². The lowest BCUT2D eigenvalue weighted by atomic mass is 9.99. The van der Waals surface area contributed by atoms with Crippen LogP contribution in [0.25, 0.3) is 11.0 Å². The van der Waals surface area contributed by atoms with Crippen LogP contribution in [-0.4, -0.2) is 20.6 Å². The van der Waals surface area contributed by atoms with Crippen molar-refractivity contribution in [1.29, 1.82) is 0 Å². The number of nitrogens with one attached hydrogen (secondary N) is 1. The van der Waals surface area contributed by atoms with Gasteiger partial charge in [0.05, 0.1) is 23.4 Å². The average molecular weight is 530 g/mol.